The summed E-state index contributed by atoms with van der Waals surface area (Å²) in [5.74, 6) is 0. The normalized spacial score (nSPS) is 21.2. The third-order valence-corrected chi connectivity index (χ3v) is 2.63. The van der Waals surface area contributed by atoms with Gasteiger partial charge in [-0.2, -0.15) is 0 Å². The minimum Gasteiger partial charge on any atom is -0.359 e. The summed E-state index contributed by atoms with van der Waals surface area (Å²) in [6.45, 7) is 2.99. The average molecular weight is 177 g/mol. The van der Waals surface area contributed by atoms with E-state index in [4.69, 9.17) is 4.74 Å². The molecule has 0 radical (unpaired) electrons. The first kappa shape index (κ1) is 8.73. The van der Waals surface area contributed by atoms with E-state index in [1.54, 1.807) is 0 Å². The lowest BCUT2D eigenvalue weighted by Gasteiger charge is -2.26. The van der Waals surface area contributed by atoms with E-state index in [2.05, 4.69) is 30.4 Å². The number of benzene rings is 1. The zero-order valence-electron chi connectivity index (χ0n) is 8.13. The Morgan fingerprint density at radius 3 is 3.08 bits per heavy atom. The van der Waals surface area contributed by atoms with Crippen molar-refractivity contribution >= 4 is 0 Å². The van der Waals surface area contributed by atoms with Gasteiger partial charge in [0, 0.05) is 0 Å². The molecule has 0 aromatic heterocycles. The number of fused-ring (bicyclic) bond motifs is 1. The van der Waals surface area contributed by atoms with Gasteiger partial charge >= 0.3 is 0 Å². The molecule has 0 spiro atoms. The molecule has 0 unspecified atom stereocenters. The van der Waals surface area contributed by atoms with E-state index in [1.165, 1.54) is 16.7 Å². The van der Waals surface area contributed by atoms with Crippen LogP contribution >= 0.6 is 0 Å². The quantitative estimate of drug-likeness (QED) is 0.706. The Morgan fingerprint density at radius 1 is 1.46 bits per heavy atom. The molecule has 1 aromatic rings. The molecule has 1 atom stereocenters. The molecule has 0 amide bonds. The van der Waals surface area contributed by atoms with Gasteiger partial charge in [-0.15, -0.1) is 0 Å². The molecule has 1 aliphatic rings. The minimum atomic E-state index is 0.0867. The van der Waals surface area contributed by atoms with Crippen molar-refractivity contribution in [1.29, 1.82) is 0 Å². The summed E-state index contributed by atoms with van der Waals surface area (Å²) in [6.07, 6.45) is 1.13. The summed E-state index contributed by atoms with van der Waals surface area (Å²) >= 11 is 0. The maximum Gasteiger partial charge on any atom is 0.134 e. The monoisotopic (exact) mass is 177 g/mol. The molecule has 0 bridgehead atoms. The van der Waals surface area contributed by atoms with E-state index in [-0.39, 0.29) is 6.23 Å². The molecular weight excluding hydrogens is 162 g/mol. The highest BCUT2D eigenvalue weighted by Crippen LogP contribution is 2.26. The summed E-state index contributed by atoms with van der Waals surface area (Å²) in [5, 5.41) is 3.17. The van der Waals surface area contributed by atoms with Crippen LogP contribution in [0.2, 0.25) is 0 Å². The number of nitrogens with one attached hydrogen (secondary N) is 1. The minimum absolute atomic E-state index is 0.0867. The summed E-state index contributed by atoms with van der Waals surface area (Å²) in [6, 6.07) is 6.40. The highest BCUT2D eigenvalue weighted by molar-refractivity contribution is 5.37. The molecule has 2 heteroatoms. The SMILES string of the molecule is CN[C@H]1OCCc2c(C)cccc21. The van der Waals surface area contributed by atoms with Gasteiger partial charge in [0.1, 0.15) is 6.23 Å². The van der Waals surface area contributed by atoms with Crippen LogP contribution in [0.3, 0.4) is 0 Å². The van der Waals surface area contributed by atoms with Gasteiger partial charge in [0.25, 0.3) is 0 Å². The molecule has 2 nitrogen and oxygen atoms in total. The lowest BCUT2D eigenvalue weighted by molar-refractivity contribution is 0.0238. The first-order valence-corrected chi connectivity index (χ1v) is 4.70. The largest absolute Gasteiger partial charge is 0.359 e. The number of rotatable bonds is 1. The molecule has 1 aromatic carbocycles. The number of hydrogen-bond donors (Lipinski definition) is 1. The molecule has 1 aliphatic heterocycles. The van der Waals surface area contributed by atoms with Crippen LogP contribution in [0.25, 0.3) is 0 Å². The van der Waals surface area contributed by atoms with Crippen LogP contribution in [0.5, 0.6) is 0 Å². The zero-order valence-corrected chi connectivity index (χ0v) is 8.13. The van der Waals surface area contributed by atoms with Crippen molar-refractivity contribution < 1.29 is 4.74 Å². The van der Waals surface area contributed by atoms with Crippen LogP contribution in [0.15, 0.2) is 18.2 Å². The highest BCUT2D eigenvalue weighted by atomic mass is 16.5. The fourth-order valence-electron chi connectivity index (χ4n) is 1.92. The van der Waals surface area contributed by atoms with Gasteiger partial charge in [-0.1, -0.05) is 18.2 Å². The van der Waals surface area contributed by atoms with Crippen LogP contribution in [-0.4, -0.2) is 13.7 Å². The summed E-state index contributed by atoms with van der Waals surface area (Å²) in [7, 11) is 1.93. The molecule has 13 heavy (non-hydrogen) atoms. The molecule has 0 fully saturated rings. The summed E-state index contributed by atoms with van der Waals surface area (Å²) in [5.41, 5.74) is 4.13. The highest BCUT2D eigenvalue weighted by Gasteiger charge is 2.19. The first-order valence-electron chi connectivity index (χ1n) is 4.70. The van der Waals surface area contributed by atoms with E-state index < -0.39 is 0 Å². The van der Waals surface area contributed by atoms with Gasteiger partial charge in [-0.25, -0.2) is 0 Å². The zero-order chi connectivity index (χ0) is 9.26. The van der Waals surface area contributed by atoms with Crippen molar-refractivity contribution in [2.24, 2.45) is 0 Å². The topological polar surface area (TPSA) is 21.3 Å². The predicted octanol–water partition coefficient (Wildman–Crippen LogP) is 1.79. The van der Waals surface area contributed by atoms with Gasteiger partial charge in [-0.05, 0) is 37.1 Å². The summed E-state index contributed by atoms with van der Waals surface area (Å²) in [4.78, 5) is 0. The standard InChI is InChI=1S/C11H15NO/c1-8-4-3-5-10-9(8)6-7-13-11(10)12-2/h3-5,11-12H,6-7H2,1-2H3/t11-/m0/s1. The van der Waals surface area contributed by atoms with Crippen molar-refractivity contribution in [2.75, 3.05) is 13.7 Å². The van der Waals surface area contributed by atoms with Gasteiger partial charge in [0.2, 0.25) is 0 Å². The van der Waals surface area contributed by atoms with Gasteiger partial charge in [-0.3, -0.25) is 5.32 Å². The first-order chi connectivity index (χ1) is 6.33. The molecule has 70 valence electrons. The fraction of sp³-hybridized carbons (Fsp3) is 0.455. The third-order valence-electron chi connectivity index (χ3n) is 2.63. The van der Waals surface area contributed by atoms with E-state index in [1.807, 2.05) is 7.05 Å². The summed E-state index contributed by atoms with van der Waals surface area (Å²) < 4.78 is 5.60. The third kappa shape index (κ3) is 1.47. The number of aryl methyl sites for hydroxylation is 1. The van der Waals surface area contributed by atoms with Crippen LogP contribution in [-0.2, 0) is 11.2 Å². The second-order valence-electron chi connectivity index (χ2n) is 3.43. The Morgan fingerprint density at radius 2 is 2.31 bits per heavy atom. The van der Waals surface area contributed by atoms with Crippen molar-refractivity contribution in [3.63, 3.8) is 0 Å². The lowest BCUT2D eigenvalue weighted by Crippen LogP contribution is -2.26. The van der Waals surface area contributed by atoms with E-state index >= 15 is 0 Å². The van der Waals surface area contributed by atoms with E-state index in [0.29, 0.717) is 0 Å². The molecular formula is C11H15NO. The van der Waals surface area contributed by atoms with Crippen molar-refractivity contribution in [2.45, 2.75) is 19.6 Å². The van der Waals surface area contributed by atoms with Crippen LogP contribution < -0.4 is 5.32 Å². The van der Waals surface area contributed by atoms with Gasteiger partial charge in [0.15, 0.2) is 0 Å². The van der Waals surface area contributed by atoms with Crippen molar-refractivity contribution in [3.05, 3.63) is 34.9 Å². The predicted molar refractivity (Wildman–Crippen MR) is 52.6 cm³/mol. The number of hydrogen-bond acceptors (Lipinski definition) is 2. The fourth-order valence-corrected chi connectivity index (χ4v) is 1.92. The molecule has 1 heterocycles. The van der Waals surface area contributed by atoms with Gasteiger partial charge in [0.05, 0.1) is 6.61 Å². The van der Waals surface area contributed by atoms with E-state index in [0.717, 1.165) is 13.0 Å². The molecule has 0 saturated heterocycles. The number of ether oxygens (including phenoxy) is 1. The molecule has 1 N–H and O–H groups in total. The molecule has 0 saturated carbocycles. The Labute approximate surface area is 78.9 Å². The Bertz CT molecular complexity index is 309. The van der Waals surface area contributed by atoms with E-state index in [9.17, 15) is 0 Å². The maximum absolute atomic E-state index is 5.60. The Kier molecular flexibility index (Phi) is 2.34. The average Bonchev–Trinajstić information content (AvgIpc) is 2.18. The maximum atomic E-state index is 5.60. The van der Waals surface area contributed by atoms with Crippen LogP contribution in [0, 0.1) is 6.92 Å². The molecule has 2 rings (SSSR count). The second-order valence-corrected chi connectivity index (χ2v) is 3.43. The second kappa shape index (κ2) is 3.48. The Balaban J connectivity index is 2.45. The van der Waals surface area contributed by atoms with Crippen LogP contribution in [0.4, 0.5) is 0 Å². The smallest absolute Gasteiger partial charge is 0.134 e. The van der Waals surface area contributed by atoms with Gasteiger partial charge < -0.3 is 4.74 Å². The van der Waals surface area contributed by atoms with Crippen molar-refractivity contribution in [3.8, 4) is 0 Å². The lowest BCUT2D eigenvalue weighted by atomic mass is 9.96. The van der Waals surface area contributed by atoms with Crippen LogP contribution in [0.1, 0.15) is 22.9 Å². The van der Waals surface area contributed by atoms with Crippen molar-refractivity contribution in [1.82, 2.24) is 5.32 Å². The molecule has 0 aliphatic carbocycles. The Hall–Kier alpha value is -0.860.